The first-order valence-electron chi connectivity index (χ1n) is 7.07. The van der Waals surface area contributed by atoms with E-state index in [9.17, 15) is 0 Å². The molecule has 4 nitrogen and oxygen atoms in total. The normalized spacial score (nSPS) is 17.1. The van der Waals surface area contributed by atoms with Crippen LogP contribution in [0.15, 0.2) is 0 Å². The van der Waals surface area contributed by atoms with E-state index in [2.05, 4.69) is 24.4 Å². The molecule has 18 heavy (non-hydrogen) atoms. The van der Waals surface area contributed by atoms with Gasteiger partial charge in [0, 0.05) is 18.8 Å². The molecule has 3 N–H and O–H groups in total. The molecule has 0 aliphatic heterocycles. The zero-order valence-corrected chi connectivity index (χ0v) is 11.9. The van der Waals surface area contributed by atoms with Crippen molar-refractivity contribution in [3.05, 3.63) is 17.0 Å². The topological polar surface area (TPSA) is 55.9 Å². The Morgan fingerprint density at radius 1 is 1.39 bits per heavy atom. The van der Waals surface area contributed by atoms with Gasteiger partial charge in [-0.3, -0.25) is 16.0 Å². The van der Waals surface area contributed by atoms with Gasteiger partial charge in [0.1, 0.15) is 0 Å². The molecule has 1 heterocycles. The number of hydrazine groups is 1. The third-order valence-electron chi connectivity index (χ3n) is 4.26. The Kier molecular flexibility index (Phi) is 4.40. The fraction of sp³-hybridized carbons (Fsp3) is 0.786. The monoisotopic (exact) mass is 250 g/mol. The summed E-state index contributed by atoms with van der Waals surface area (Å²) in [5.74, 6) is 6.64. The second kappa shape index (κ2) is 5.85. The van der Waals surface area contributed by atoms with Crippen molar-refractivity contribution in [2.24, 2.45) is 18.8 Å². The molecule has 1 aliphatic rings. The van der Waals surface area contributed by atoms with E-state index in [0.717, 1.165) is 24.5 Å². The Morgan fingerprint density at radius 3 is 2.61 bits per heavy atom. The van der Waals surface area contributed by atoms with Gasteiger partial charge in [-0.1, -0.05) is 12.8 Å². The highest BCUT2D eigenvalue weighted by molar-refractivity contribution is 5.24. The number of rotatable bonds is 7. The largest absolute Gasteiger partial charge is 0.272 e. The van der Waals surface area contributed by atoms with Crippen LogP contribution < -0.4 is 11.3 Å². The van der Waals surface area contributed by atoms with Gasteiger partial charge in [0.2, 0.25) is 0 Å². The molecule has 1 unspecified atom stereocenters. The van der Waals surface area contributed by atoms with E-state index in [1.54, 1.807) is 0 Å². The fourth-order valence-corrected chi connectivity index (χ4v) is 2.65. The Labute approximate surface area is 110 Å². The molecule has 0 aromatic carbocycles. The minimum absolute atomic E-state index is 0.449. The van der Waals surface area contributed by atoms with Crippen LogP contribution in [-0.4, -0.2) is 15.8 Å². The molecule has 102 valence electrons. The quantitative estimate of drug-likeness (QED) is 0.575. The fourth-order valence-electron chi connectivity index (χ4n) is 2.65. The number of nitrogens with one attached hydrogen (secondary N) is 1. The average Bonchev–Trinajstić information content (AvgIpc) is 3.12. The number of aromatic nitrogens is 2. The molecule has 1 saturated carbocycles. The third-order valence-corrected chi connectivity index (χ3v) is 4.26. The maximum absolute atomic E-state index is 5.65. The van der Waals surface area contributed by atoms with Crippen molar-refractivity contribution in [3.8, 4) is 0 Å². The molecule has 0 spiro atoms. The average molecular weight is 250 g/mol. The highest BCUT2D eigenvalue weighted by atomic mass is 15.3. The van der Waals surface area contributed by atoms with Gasteiger partial charge in [-0.2, -0.15) is 5.10 Å². The Morgan fingerprint density at radius 2 is 2.11 bits per heavy atom. The summed E-state index contributed by atoms with van der Waals surface area (Å²) in [7, 11) is 2.01. The standard InChI is InChI=1S/C14H26N4/c1-10-14(11(2)18(3)17-10)9-8-13(16-15)7-6-12-4-5-12/h12-13,16H,4-9,15H2,1-3H3. The first kappa shape index (κ1) is 13.6. The molecule has 2 rings (SSSR count). The maximum Gasteiger partial charge on any atom is 0.0628 e. The van der Waals surface area contributed by atoms with E-state index in [0.29, 0.717) is 6.04 Å². The van der Waals surface area contributed by atoms with Crippen molar-refractivity contribution in [3.63, 3.8) is 0 Å². The van der Waals surface area contributed by atoms with Gasteiger partial charge >= 0.3 is 0 Å². The van der Waals surface area contributed by atoms with Crippen LogP contribution in [0.4, 0.5) is 0 Å². The number of hydrogen-bond acceptors (Lipinski definition) is 3. The van der Waals surface area contributed by atoms with Crippen LogP contribution in [0, 0.1) is 19.8 Å². The smallest absolute Gasteiger partial charge is 0.0628 e. The number of nitrogens with zero attached hydrogens (tertiary/aromatic N) is 2. The van der Waals surface area contributed by atoms with Gasteiger partial charge < -0.3 is 0 Å². The van der Waals surface area contributed by atoms with Gasteiger partial charge in [0.05, 0.1) is 5.69 Å². The van der Waals surface area contributed by atoms with Gasteiger partial charge in [-0.05, 0) is 51.0 Å². The van der Waals surface area contributed by atoms with E-state index in [1.165, 1.54) is 36.9 Å². The van der Waals surface area contributed by atoms with Gasteiger partial charge in [-0.15, -0.1) is 0 Å². The number of nitrogens with two attached hydrogens (primary N) is 1. The molecule has 0 amide bonds. The summed E-state index contributed by atoms with van der Waals surface area (Å²) in [5.41, 5.74) is 6.81. The summed E-state index contributed by atoms with van der Waals surface area (Å²) >= 11 is 0. The molecule has 0 bridgehead atoms. The molecular weight excluding hydrogens is 224 g/mol. The van der Waals surface area contributed by atoms with Crippen LogP contribution in [0.5, 0.6) is 0 Å². The molecular formula is C14H26N4. The summed E-state index contributed by atoms with van der Waals surface area (Å²) < 4.78 is 1.97. The molecule has 1 aromatic heterocycles. The minimum atomic E-state index is 0.449. The maximum atomic E-state index is 5.65. The zero-order valence-electron chi connectivity index (χ0n) is 11.9. The number of hydrogen-bond donors (Lipinski definition) is 2. The number of aryl methyl sites for hydroxylation is 2. The van der Waals surface area contributed by atoms with Crippen LogP contribution >= 0.6 is 0 Å². The molecule has 4 heteroatoms. The second-order valence-electron chi connectivity index (χ2n) is 5.70. The van der Waals surface area contributed by atoms with Crippen LogP contribution in [0.2, 0.25) is 0 Å². The Hall–Kier alpha value is -0.870. The van der Waals surface area contributed by atoms with Crippen molar-refractivity contribution < 1.29 is 0 Å². The Bertz CT molecular complexity index is 393. The highest BCUT2D eigenvalue weighted by Gasteiger charge is 2.22. The lowest BCUT2D eigenvalue weighted by Crippen LogP contribution is -2.35. The van der Waals surface area contributed by atoms with Gasteiger partial charge in [-0.25, -0.2) is 0 Å². The predicted molar refractivity (Wildman–Crippen MR) is 74.1 cm³/mol. The first-order chi connectivity index (χ1) is 8.61. The summed E-state index contributed by atoms with van der Waals surface area (Å²) in [6.07, 6.45) is 7.58. The van der Waals surface area contributed by atoms with E-state index in [4.69, 9.17) is 5.84 Å². The minimum Gasteiger partial charge on any atom is -0.272 e. The van der Waals surface area contributed by atoms with Crippen LogP contribution in [0.3, 0.4) is 0 Å². The molecule has 0 radical (unpaired) electrons. The summed E-state index contributed by atoms with van der Waals surface area (Å²) in [6, 6.07) is 0.449. The SMILES string of the molecule is Cc1nn(C)c(C)c1CCC(CCC1CC1)NN. The van der Waals surface area contributed by atoms with Crippen LogP contribution in [-0.2, 0) is 13.5 Å². The Balaban J connectivity index is 1.83. The van der Waals surface area contributed by atoms with Crippen LogP contribution in [0.25, 0.3) is 0 Å². The zero-order chi connectivity index (χ0) is 13.1. The van der Waals surface area contributed by atoms with E-state index < -0.39 is 0 Å². The molecule has 1 fully saturated rings. The summed E-state index contributed by atoms with van der Waals surface area (Å²) in [6.45, 7) is 4.24. The molecule has 1 aliphatic carbocycles. The van der Waals surface area contributed by atoms with Crippen LogP contribution in [0.1, 0.15) is 49.1 Å². The molecule has 1 aromatic rings. The third kappa shape index (κ3) is 3.33. The van der Waals surface area contributed by atoms with Crippen molar-refractivity contribution >= 4 is 0 Å². The summed E-state index contributed by atoms with van der Waals surface area (Å²) in [5, 5.41) is 4.46. The van der Waals surface area contributed by atoms with Crippen molar-refractivity contribution in [1.82, 2.24) is 15.2 Å². The molecule has 0 saturated heterocycles. The highest BCUT2D eigenvalue weighted by Crippen LogP contribution is 2.34. The van der Waals surface area contributed by atoms with E-state index in [1.807, 2.05) is 11.7 Å². The lowest BCUT2D eigenvalue weighted by molar-refractivity contribution is 0.439. The second-order valence-corrected chi connectivity index (χ2v) is 5.70. The lowest BCUT2D eigenvalue weighted by atomic mass is 10.00. The van der Waals surface area contributed by atoms with Crippen molar-refractivity contribution in [2.75, 3.05) is 0 Å². The van der Waals surface area contributed by atoms with E-state index >= 15 is 0 Å². The van der Waals surface area contributed by atoms with E-state index in [-0.39, 0.29) is 0 Å². The predicted octanol–water partition coefficient (Wildman–Crippen LogP) is 1.99. The van der Waals surface area contributed by atoms with Gasteiger partial charge in [0.25, 0.3) is 0 Å². The van der Waals surface area contributed by atoms with Gasteiger partial charge in [0.15, 0.2) is 0 Å². The first-order valence-corrected chi connectivity index (χ1v) is 7.07. The molecule has 1 atom stereocenters. The van der Waals surface area contributed by atoms with Crippen molar-refractivity contribution in [2.45, 2.75) is 58.4 Å². The summed E-state index contributed by atoms with van der Waals surface area (Å²) in [4.78, 5) is 0. The van der Waals surface area contributed by atoms with Crippen molar-refractivity contribution in [1.29, 1.82) is 0 Å². The lowest BCUT2D eigenvalue weighted by Gasteiger charge is -2.15.